The lowest BCUT2D eigenvalue weighted by atomic mass is 9.81. The average molecular weight is 281 g/mol. The highest BCUT2D eigenvalue weighted by Crippen LogP contribution is 2.50. The van der Waals surface area contributed by atoms with Crippen LogP contribution in [0.5, 0.6) is 0 Å². The lowest BCUT2D eigenvalue weighted by Gasteiger charge is -2.24. The van der Waals surface area contributed by atoms with Crippen LogP contribution in [0.15, 0.2) is 12.3 Å². The number of anilines is 1. The van der Waals surface area contributed by atoms with Crippen molar-refractivity contribution in [1.29, 1.82) is 0 Å². The number of carboxylic acids is 1. The third-order valence-corrected chi connectivity index (χ3v) is 5.13. The minimum Gasteiger partial charge on any atom is -0.481 e. The van der Waals surface area contributed by atoms with Crippen LogP contribution in [0.4, 0.5) is 5.82 Å². The van der Waals surface area contributed by atoms with Crippen molar-refractivity contribution in [3.8, 4) is 0 Å². The Kier molecular flexibility index (Phi) is 2.93. The summed E-state index contributed by atoms with van der Waals surface area (Å²) >= 11 is 6.30. The van der Waals surface area contributed by atoms with Gasteiger partial charge in [-0.3, -0.25) is 4.79 Å². The fourth-order valence-electron chi connectivity index (χ4n) is 3.55. The van der Waals surface area contributed by atoms with Crippen LogP contribution in [0.2, 0.25) is 5.02 Å². The van der Waals surface area contributed by atoms with Gasteiger partial charge in [0, 0.05) is 19.3 Å². The number of hydrogen-bond acceptors (Lipinski definition) is 3. The van der Waals surface area contributed by atoms with Crippen molar-refractivity contribution in [1.82, 2.24) is 4.98 Å². The SMILES string of the molecule is Cc1ccnc(N2C[C@@H]3CCC[C@@]3(C(=O)O)C2)c1Cl. The second-order valence-electron chi connectivity index (χ2n) is 5.70. The Morgan fingerprint density at radius 3 is 3.11 bits per heavy atom. The first-order valence-electron chi connectivity index (χ1n) is 6.64. The van der Waals surface area contributed by atoms with E-state index in [1.807, 2.05) is 17.9 Å². The van der Waals surface area contributed by atoms with Gasteiger partial charge in [0.1, 0.15) is 5.82 Å². The minimum atomic E-state index is -0.665. The van der Waals surface area contributed by atoms with Gasteiger partial charge in [-0.2, -0.15) is 0 Å². The molecule has 0 bridgehead atoms. The average Bonchev–Trinajstić information content (AvgIpc) is 2.90. The van der Waals surface area contributed by atoms with Crippen LogP contribution >= 0.6 is 11.6 Å². The van der Waals surface area contributed by atoms with E-state index < -0.39 is 11.4 Å². The molecule has 4 nitrogen and oxygen atoms in total. The summed E-state index contributed by atoms with van der Waals surface area (Å²) in [6.07, 6.45) is 4.51. The summed E-state index contributed by atoms with van der Waals surface area (Å²) in [4.78, 5) is 18.0. The van der Waals surface area contributed by atoms with Gasteiger partial charge in [0.05, 0.1) is 10.4 Å². The van der Waals surface area contributed by atoms with Crippen molar-refractivity contribution in [2.45, 2.75) is 26.2 Å². The van der Waals surface area contributed by atoms with Gasteiger partial charge >= 0.3 is 5.97 Å². The maximum atomic E-state index is 11.7. The third-order valence-electron chi connectivity index (χ3n) is 4.66. The van der Waals surface area contributed by atoms with E-state index in [1.165, 1.54) is 0 Å². The summed E-state index contributed by atoms with van der Waals surface area (Å²) in [5, 5.41) is 10.2. The Hall–Kier alpha value is -1.29. The predicted molar refractivity (Wildman–Crippen MR) is 73.6 cm³/mol. The van der Waals surface area contributed by atoms with E-state index in [1.54, 1.807) is 6.20 Å². The van der Waals surface area contributed by atoms with Crippen LogP contribution in [0.25, 0.3) is 0 Å². The number of nitrogens with zero attached hydrogens (tertiary/aromatic N) is 2. The van der Waals surface area contributed by atoms with Gasteiger partial charge in [-0.15, -0.1) is 0 Å². The van der Waals surface area contributed by atoms with Crippen LogP contribution in [-0.4, -0.2) is 29.1 Å². The monoisotopic (exact) mass is 280 g/mol. The topological polar surface area (TPSA) is 53.4 Å². The highest BCUT2D eigenvalue weighted by atomic mass is 35.5. The number of aromatic nitrogens is 1. The molecule has 19 heavy (non-hydrogen) atoms. The maximum Gasteiger partial charge on any atom is 0.311 e. The molecule has 0 spiro atoms. The first kappa shape index (κ1) is 12.7. The summed E-state index contributed by atoms with van der Waals surface area (Å²) in [5.41, 5.74) is 0.391. The number of carboxylic acid groups (broad SMARTS) is 1. The van der Waals surface area contributed by atoms with E-state index in [9.17, 15) is 9.90 Å². The van der Waals surface area contributed by atoms with Gasteiger partial charge in [0.25, 0.3) is 0 Å². The Morgan fingerprint density at radius 1 is 1.63 bits per heavy atom. The molecule has 0 amide bonds. The zero-order valence-corrected chi connectivity index (χ0v) is 11.7. The van der Waals surface area contributed by atoms with Crippen LogP contribution < -0.4 is 4.90 Å². The molecule has 1 aromatic heterocycles. The normalized spacial score (nSPS) is 29.6. The molecule has 2 aliphatic rings. The number of fused-ring (bicyclic) bond motifs is 1. The molecule has 1 aromatic rings. The van der Waals surface area contributed by atoms with Gasteiger partial charge < -0.3 is 10.0 Å². The minimum absolute atomic E-state index is 0.225. The number of carbonyl (C=O) groups is 1. The van der Waals surface area contributed by atoms with E-state index in [4.69, 9.17) is 11.6 Å². The van der Waals surface area contributed by atoms with Crippen molar-refractivity contribution in [2.75, 3.05) is 18.0 Å². The zero-order valence-electron chi connectivity index (χ0n) is 10.9. The molecule has 1 saturated heterocycles. The molecule has 1 N–H and O–H groups in total. The summed E-state index contributed by atoms with van der Waals surface area (Å²) in [5.74, 6) is 0.293. The van der Waals surface area contributed by atoms with E-state index in [-0.39, 0.29) is 5.92 Å². The quantitative estimate of drug-likeness (QED) is 0.905. The number of hydrogen-bond donors (Lipinski definition) is 1. The molecule has 1 aliphatic carbocycles. The molecule has 2 heterocycles. The molecule has 1 saturated carbocycles. The van der Waals surface area contributed by atoms with Crippen molar-refractivity contribution in [2.24, 2.45) is 11.3 Å². The van der Waals surface area contributed by atoms with Gasteiger partial charge in [-0.25, -0.2) is 4.98 Å². The van der Waals surface area contributed by atoms with Crippen molar-refractivity contribution in [3.63, 3.8) is 0 Å². The van der Waals surface area contributed by atoms with Gasteiger partial charge in [-0.05, 0) is 37.3 Å². The lowest BCUT2D eigenvalue weighted by Crippen LogP contribution is -2.35. The number of pyridine rings is 1. The standard InChI is InChI=1S/C14H17ClN2O2/c1-9-4-6-16-12(11(9)15)17-7-10-3-2-5-14(10,8-17)13(18)19/h4,6,10H,2-3,5,7-8H2,1H3,(H,18,19)/t10-,14+/m0/s1. The van der Waals surface area contributed by atoms with E-state index >= 15 is 0 Å². The van der Waals surface area contributed by atoms with E-state index in [0.717, 1.165) is 37.2 Å². The highest BCUT2D eigenvalue weighted by molar-refractivity contribution is 6.33. The fourth-order valence-corrected chi connectivity index (χ4v) is 3.78. The zero-order chi connectivity index (χ0) is 13.6. The number of rotatable bonds is 2. The highest BCUT2D eigenvalue weighted by Gasteiger charge is 2.55. The van der Waals surface area contributed by atoms with E-state index in [2.05, 4.69) is 4.98 Å². The van der Waals surface area contributed by atoms with Crippen LogP contribution in [0.3, 0.4) is 0 Å². The molecular formula is C14H17ClN2O2. The van der Waals surface area contributed by atoms with Gasteiger partial charge in [0.2, 0.25) is 0 Å². The summed E-state index contributed by atoms with van der Waals surface area (Å²) in [7, 11) is 0. The Bertz CT molecular complexity index is 534. The summed E-state index contributed by atoms with van der Waals surface area (Å²) in [6.45, 7) is 3.23. The Morgan fingerprint density at radius 2 is 2.42 bits per heavy atom. The first-order chi connectivity index (χ1) is 9.04. The predicted octanol–water partition coefficient (Wildman–Crippen LogP) is 2.73. The molecular weight excluding hydrogens is 264 g/mol. The third kappa shape index (κ3) is 1.81. The number of halogens is 1. The smallest absolute Gasteiger partial charge is 0.311 e. The van der Waals surface area contributed by atoms with Gasteiger partial charge in [-0.1, -0.05) is 18.0 Å². The Balaban J connectivity index is 1.94. The Labute approximate surface area is 117 Å². The largest absolute Gasteiger partial charge is 0.481 e. The van der Waals surface area contributed by atoms with Crippen LogP contribution in [0, 0.1) is 18.3 Å². The molecule has 2 atom stereocenters. The van der Waals surface area contributed by atoms with Crippen molar-refractivity contribution < 1.29 is 9.90 Å². The molecule has 0 aromatic carbocycles. The summed E-state index contributed by atoms with van der Waals surface area (Å²) < 4.78 is 0. The molecule has 3 rings (SSSR count). The van der Waals surface area contributed by atoms with Crippen LogP contribution in [0.1, 0.15) is 24.8 Å². The van der Waals surface area contributed by atoms with Crippen LogP contribution in [-0.2, 0) is 4.79 Å². The van der Waals surface area contributed by atoms with E-state index in [0.29, 0.717) is 11.6 Å². The molecule has 1 aliphatic heterocycles. The second-order valence-corrected chi connectivity index (χ2v) is 6.07. The van der Waals surface area contributed by atoms with Gasteiger partial charge in [0.15, 0.2) is 0 Å². The molecule has 2 fully saturated rings. The second kappa shape index (κ2) is 4.37. The molecule has 102 valence electrons. The molecule has 0 unspecified atom stereocenters. The maximum absolute atomic E-state index is 11.7. The number of aryl methyl sites for hydroxylation is 1. The first-order valence-corrected chi connectivity index (χ1v) is 7.02. The lowest BCUT2D eigenvalue weighted by molar-refractivity contribution is -0.149. The summed E-state index contributed by atoms with van der Waals surface area (Å²) in [6, 6.07) is 1.87. The number of aliphatic carboxylic acids is 1. The van der Waals surface area contributed by atoms with Crippen molar-refractivity contribution in [3.05, 3.63) is 22.8 Å². The fraction of sp³-hybridized carbons (Fsp3) is 0.571. The van der Waals surface area contributed by atoms with Crippen molar-refractivity contribution >= 4 is 23.4 Å². The molecule has 5 heteroatoms. The molecule has 0 radical (unpaired) electrons.